The van der Waals surface area contributed by atoms with Crippen LogP contribution in [0.4, 0.5) is 0 Å². The van der Waals surface area contributed by atoms with Crippen LogP contribution in [0, 0.1) is 17.8 Å². The first kappa shape index (κ1) is 19.4. The average Bonchev–Trinajstić information content (AvgIpc) is 2.94. The third-order valence-electron chi connectivity index (χ3n) is 4.67. The lowest BCUT2D eigenvalue weighted by Crippen LogP contribution is -2.52. The molecule has 1 aromatic rings. The number of aryl methyl sites for hydroxylation is 1. The lowest BCUT2D eigenvalue weighted by atomic mass is 9.80. The number of benzene rings is 1. The summed E-state index contributed by atoms with van der Waals surface area (Å²) < 4.78 is 0. The second-order valence-electron chi connectivity index (χ2n) is 9.25. The summed E-state index contributed by atoms with van der Waals surface area (Å²) in [7, 11) is 1.91. The van der Waals surface area contributed by atoms with Crippen LogP contribution >= 0.6 is 0 Å². The van der Waals surface area contributed by atoms with Gasteiger partial charge in [0, 0.05) is 30.8 Å². The van der Waals surface area contributed by atoms with E-state index in [-0.39, 0.29) is 17.4 Å². The predicted molar refractivity (Wildman–Crippen MR) is 107 cm³/mol. The van der Waals surface area contributed by atoms with Crippen molar-refractivity contribution in [3.8, 4) is 0 Å². The summed E-state index contributed by atoms with van der Waals surface area (Å²) in [5, 5.41) is 0. The fourth-order valence-corrected chi connectivity index (χ4v) is 3.51. The Morgan fingerprint density at radius 3 is 2.12 bits per heavy atom. The molecule has 1 atom stereocenters. The number of hydrogen-bond donors (Lipinski definition) is 0. The van der Waals surface area contributed by atoms with Crippen molar-refractivity contribution in [3.05, 3.63) is 41.6 Å². The molecular formula is C22H32N2O. The standard InChI is InChI=1S/C22H32N2O/c1-15-9-11-16(12-10-15)17-13-18(23-14-17)19(21(2,3)4)24(8)20(25)22(5,6)7/h9-12,14,19H,13H2,1-8H3/t19-/m1/s1. The van der Waals surface area contributed by atoms with Crippen LogP contribution < -0.4 is 0 Å². The molecule has 0 unspecified atom stereocenters. The van der Waals surface area contributed by atoms with Crippen molar-refractivity contribution in [1.82, 2.24) is 4.90 Å². The van der Waals surface area contributed by atoms with Gasteiger partial charge in [0.25, 0.3) is 0 Å². The van der Waals surface area contributed by atoms with E-state index < -0.39 is 5.41 Å². The summed E-state index contributed by atoms with van der Waals surface area (Å²) in [6.45, 7) is 14.5. The topological polar surface area (TPSA) is 32.7 Å². The first-order chi connectivity index (χ1) is 11.4. The van der Waals surface area contributed by atoms with E-state index in [1.165, 1.54) is 16.7 Å². The highest BCUT2D eigenvalue weighted by atomic mass is 16.2. The quantitative estimate of drug-likeness (QED) is 0.753. The SMILES string of the molecule is Cc1ccc(C2=CN=C([C@@H](N(C)C(=O)C(C)(C)C)C(C)(C)C)C2)cc1. The molecule has 0 spiro atoms. The Morgan fingerprint density at radius 2 is 1.64 bits per heavy atom. The summed E-state index contributed by atoms with van der Waals surface area (Å²) in [6, 6.07) is 8.54. The number of carbonyl (C=O) groups is 1. The summed E-state index contributed by atoms with van der Waals surface area (Å²) in [5.74, 6) is 0.152. The minimum atomic E-state index is -0.398. The van der Waals surface area contributed by atoms with Crippen LogP contribution in [0.1, 0.15) is 59.1 Å². The Labute approximate surface area is 152 Å². The third kappa shape index (κ3) is 4.39. The maximum absolute atomic E-state index is 12.9. The molecule has 1 aromatic carbocycles. The number of carbonyl (C=O) groups excluding carboxylic acids is 1. The Balaban J connectivity index is 2.24. The van der Waals surface area contributed by atoms with Crippen molar-refractivity contribution in [2.24, 2.45) is 15.8 Å². The van der Waals surface area contributed by atoms with Crippen LogP contribution in [-0.2, 0) is 4.79 Å². The first-order valence-electron chi connectivity index (χ1n) is 9.01. The van der Waals surface area contributed by atoms with Gasteiger partial charge in [-0.2, -0.15) is 0 Å². The fourth-order valence-electron chi connectivity index (χ4n) is 3.51. The Morgan fingerprint density at radius 1 is 1.08 bits per heavy atom. The molecule has 0 aromatic heterocycles. The Hall–Kier alpha value is -1.90. The number of aliphatic imine (C=N–C) groups is 1. The van der Waals surface area contributed by atoms with Gasteiger partial charge in [0.05, 0.1) is 6.04 Å². The van der Waals surface area contributed by atoms with Gasteiger partial charge in [-0.15, -0.1) is 0 Å². The van der Waals surface area contributed by atoms with Crippen molar-refractivity contribution in [2.75, 3.05) is 7.05 Å². The summed E-state index contributed by atoms with van der Waals surface area (Å²) >= 11 is 0. The van der Waals surface area contributed by atoms with Crippen molar-refractivity contribution in [3.63, 3.8) is 0 Å². The van der Waals surface area contributed by atoms with E-state index in [9.17, 15) is 4.79 Å². The second-order valence-corrected chi connectivity index (χ2v) is 9.25. The highest BCUT2D eigenvalue weighted by Crippen LogP contribution is 2.34. The molecule has 0 saturated carbocycles. The lowest BCUT2D eigenvalue weighted by molar-refractivity contribution is -0.140. The van der Waals surface area contributed by atoms with Crippen LogP contribution in [0.15, 0.2) is 35.5 Å². The van der Waals surface area contributed by atoms with Gasteiger partial charge in [0.1, 0.15) is 0 Å². The number of hydrogen-bond acceptors (Lipinski definition) is 2. The molecule has 1 aliphatic rings. The fraction of sp³-hybridized carbons (Fsp3) is 0.545. The monoisotopic (exact) mass is 340 g/mol. The molecule has 0 radical (unpaired) electrons. The summed E-state index contributed by atoms with van der Waals surface area (Å²) in [6.07, 6.45) is 2.76. The molecule has 136 valence electrons. The van der Waals surface area contributed by atoms with Gasteiger partial charge in [-0.05, 0) is 23.5 Å². The maximum Gasteiger partial charge on any atom is 0.228 e. The van der Waals surface area contributed by atoms with Crippen molar-refractivity contribution in [1.29, 1.82) is 0 Å². The molecule has 1 heterocycles. The molecule has 1 aliphatic heterocycles. The Kier molecular flexibility index (Phi) is 5.27. The highest BCUT2D eigenvalue weighted by Gasteiger charge is 2.39. The highest BCUT2D eigenvalue weighted by molar-refractivity contribution is 6.03. The van der Waals surface area contributed by atoms with Gasteiger partial charge >= 0.3 is 0 Å². The molecular weight excluding hydrogens is 308 g/mol. The predicted octanol–water partition coefficient (Wildman–Crippen LogP) is 5.10. The van der Waals surface area contributed by atoms with Gasteiger partial charge in [-0.3, -0.25) is 9.79 Å². The molecule has 0 N–H and O–H groups in total. The van der Waals surface area contributed by atoms with Crippen LogP contribution in [0.3, 0.4) is 0 Å². The van der Waals surface area contributed by atoms with E-state index in [0.29, 0.717) is 0 Å². The van der Waals surface area contributed by atoms with Gasteiger partial charge in [-0.25, -0.2) is 0 Å². The van der Waals surface area contributed by atoms with Crippen LogP contribution in [0.25, 0.3) is 5.57 Å². The molecule has 2 rings (SSSR count). The van der Waals surface area contributed by atoms with E-state index in [4.69, 9.17) is 4.99 Å². The molecule has 0 bridgehead atoms. The summed E-state index contributed by atoms with van der Waals surface area (Å²) in [5.41, 5.74) is 4.28. The maximum atomic E-state index is 12.9. The number of amides is 1. The molecule has 0 aliphatic carbocycles. The van der Waals surface area contributed by atoms with E-state index in [2.05, 4.69) is 52.0 Å². The number of allylic oxidation sites excluding steroid dienone is 1. The largest absolute Gasteiger partial charge is 0.336 e. The minimum absolute atomic E-state index is 0.0153. The van der Waals surface area contributed by atoms with E-state index in [1.807, 2.05) is 38.9 Å². The molecule has 3 heteroatoms. The van der Waals surface area contributed by atoms with Gasteiger partial charge in [-0.1, -0.05) is 71.4 Å². The van der Waals surface area contributed by atoms with E-state index in [0.717, 1.165) is 12.1 Å². The van der Waals surface area contributed by atoms with Crippen LogP contribution in [0.5, 0.6) is 0 Å². The van der Waals surface area contributed by atoms with Crippen molar-refractivity contribution in [2.45, 2.75) is 60.9 Å². The Bertz CT molecular complexity index is 697. The molecule has 1 amide bonds. The number of nitrogens with zero attached hydrogens (tertiary/aromatic N) is 2. The van der Waals surface area contributed by atoms with Crippen LogP contribution in [-0.4, -0.2) is 29.6 Å². The lowest BCUT2D eigenvalue weighted by Gasteiger charge is -2.41. The van der Waals surface area contributed by atoms with E-state index >= 15 is 0 Å². The molecule has 3 nitrogen and oxygen atoms in total. The van der Waals surface area contributed by atoms with Gasteiger partial charge in [0.15, 0.2) is 0 Å². The smallest absolute Gasteiger partial charge is 0.228 e. The van der Waals surface area contributed by atoms with E-state index in [1.54, 1.807) is 0 Å². The first-order valence-corrected chi connectivity index (χ1v) is 9.01. The second kappa shape index (κ2) is 6.78. The third-order valence-corrected chi connectivity index (χ3v) is 4.67. The van der Waals surface area contributed by atoms with Gasteiger partial charge < -0.3 is 4.90 Å². The average molecular weight is 341 g/mol. The minimum Gasteiger partial charge on any atom is -0.336 e. The zero-order valence-electron chi connectivity index (χ0n) is 17.0. The van der Waals surface area contributed by atoms with Crippen LogP contribution in [0.2, 0.25) is 0 Å². The molecule has 25 heavy (non-hydrogen) atoms. The zero-order chi connectivity index (χ0) is 19.0. The van der Waals surface area contributed by atoms with Crippen molar-refractivity contribution >= 4 is 17.2 Å². The molecule has 0 fully saturated rings. The molecule has 0 saturated heterocycles. The summed E-state index contributed by atoms with van der Waals surface area (Å²) in [4.78, 5) is 19.5. The number of rotatable bonds is 3. The zero-order valence-corrected chi connectivity index (χ0v) is 17.0. The normalized spacial score (nSPS) is 16.3. The van der Waals surface area contributed by atoms with Gasteiger partial charge in [0.2, 0.25) is 5.91 Å². The van der Waals surface area contributed by atoms with Crippen molar-refractivity contribution < 1.29 is 4.79 Å².